The molecule has 2 amide bonds. The number of carbonyl (C=O) groups excluding carboxylic acids is 3. The van der Waals surface area contributed by atoms with Crippen molar-refractivity contribution in [1.82, 2.24) is 15.2 Å². The average Bonchev–Trinajstić information content (AvgIpc) is 3.65. The van der Waals surface area contributed by atoms with Gasteiger partial charge in [0.2, 0.25) is 0 Å². The van der Waals surface area contributed by atoms with Crippen LogP contribution >= 0.6 is 23.1 Å². The molecule has 3 N–H and O–H groups in total. The molecule has 13 heteroatoms. The molecule has 3 aromatic carbocycles. The van der Waals surface area contributed by atoms with Crippen molar-refractivity contribution in [3.63, 3.8) is 0 Å². The Balaban J connectivity index is 1.09. The Bertz CT molecular complexity index is 1980. The number of aromatic nitrogens is 1. The van der Waals surface area contributed by atoms with Gasteiger partial charge in [-0.25, -0.2) is 9.78 Å². The second-order valence-corrected chi connectivity index (χ2v) is 15.4. The fraction of sp³-hybridized carbons (Fsp3) is 0.244. The lowest BCUT2D eigenvalue weighted by Crippen LogP contribution is -2.72. The lowest BCUT2D eigenvalue weighted by Gasteiger charge is -2.49. The number of hydrogen-bond donors (Lipinski definition) is 3. The molecule has 3 heterocycles. The highest BCUT2D eigenvalue weighted by Crippen LogP contribution is 2.42. The van der Waals surface area contributed by atoms with Gasteiger partial charge < -0.3 is 25.3 Å². The SMILES string of the molecule is C=C(CON=CC(=O)NC1C(=O)N2C(C(=O)OC(C)(C)C)=C(/C=C/CO)SCC12)c1csc(NC(c2ccccc2)(c2ccccc2)c2ccccc2)n1. The number of allylic oxidation sites excluding steroid dienone is 1. The molecule has 2 unspecified atom stereocenters. The van der Waals surface area contributed by atoms with Crippen LogP contribution in [-0.4, -0.2) is 75.6 Å². The molecule has 0 bridgehead atoms. The molecule has 0 aliphatic carbocycles. The van der Waals surface area contributed by atoms with Crippen LogP contribution in [0.5, 0.6) is 0 Å². The number of oxime groups is 1. The summed E-state index contributed by atoms with van der Waals surface area (Å²) in [5, 5.41) is 22.0. The maximum absolute atomic E-state index is 13.2. The largest absolute Gasteiger partial charge is 0.455 e. The number of ether oxygens (including phenoxy) is 1. The maximum atomic E-state index is 13.2. The number of aliphatic hydroxyl groups excluding tert-OH is 1. The van der Waals surface area contributed by atoms with Gasteiger partial charge >= 0.3 is 5.97 Å². The van der Waals surface area contributed by atoms with Crippen molar-refractivity contribution >= 4 is 57.8 Å². The van der Waals surface area contributed by atoms with Crippen LogP contribution in [0.2, 0.25) is 0 Å². The molecule has 54 heavy (non-hydrogen) atoms. The Morgan fingerprint density at radius 2 is 1.59 bits per heavy atom. The first-order chi connectivity index (χ1) is 26.0. The van der Waals surface area contributed by atoms with Gasteiger partial charge in [-0.1, -0.05) is 109 Å². The summed E-state index contributed by atoms with van der Waals surface area (Å²) >= 11 is 2.78. The van der Waals surface area contributed by atoms with Gasteiger partial charge in [-0.2, -0.15) is 0 Å². The number of nitrogens with one attached hydrogen (secondary N) is 2. The van der Waals surface area contributed by atoms with Gasteiger partial charge in [0.25, 0.3) is 11.8 Å². The number of β-lactam (4-membered cyclic amide) rings is 1. The van der Waals surface area contributed by atoms with Crippen molar-refractivity contribution in [3.8, 4) is 0 Å². The first-order valence-electron chi connectivity index (χ1n) is 17.3. The standard InChI is InChI=1S/C41H41N5O6S2/c1-27(24-51-42-23-34(48)44-35-32-26-53-33(21-14-22-47)36(46(32)37(35)49)38(50)52-40(2,3)4)31-25-54-39(43-31)45-41(28-15-8-5-9-16-28,29-17-10-6-11-18-29)30-19-12-7-13-20-30/h5-21,23,25,32,35,47H,1,22,24,26H2,2-4H3,(H,43,45)(H,44,48)/b21-14+,42-23?. The van der Waals surface area contributed by atoms with Gasteiger partial charge in [-0.3, -0.25) is 14.5 Å². The minimum absolute atomic E-state index is 0.0300. The van der Waals surface area contributed by atoms with Crippen LogP contribution in [0.4, 0.5) is 5.13 Å². The van der Waals surface area contributed by atoms with E-state index in [1.807, 2.05) is 60.0 Å². The molecule has 1 saturated heterocycles. The van der Waals surface area contributed by atoms with Crippen molar-refractivity contribution in [2.24, 2.45) is 5.16 Å². The molecule has 2 aliphatic rings. The zero-order valence-electron chi connectivity index (χ0n) is 30.1. The second-order valence-electron chi connectivity index (χ2n) is 13.5. The van der Waals surface area contributed by atoms with Crippen LogP contribution < -0.4 is 10.6 Å². The van der Waals surface area contributed by atoms with E-state index in [4.69, 9.17) is 14.6 Å². The van der Waals surface area contributed by atoms with E-state index in [9.17, 15) is 19.5 Å². The summed E-state index contributed by atoms with van der Waals surface area (Å²) in [5.74, 6) is -1.31. The number of hydrogen-bond acceptors (Lipinski definition) is 11. The Morgan fingerprint density at radius 3 is 2.15 bits per heavy atom. The zero-order chi connectivity index (χ0) is 38.3. The van der Waals surface area contributed by atoms with Crippen molar-refractivity contribution in [3.05, 3.63) is 148 Å². The number of thioether (sulfide) groups is 1. The molecule has 2 aliphatic heterocycles. The number of nitrogens with zero attached hydrogens (tertiary/aromatic N) is 3. The van der Waals surface area contributed by atoms with Crippen LogP contribution in [0.25, 0.3) is 5.57 Å². The average molecular weight is 764 g/mol. The summed E-state index contributed by atoms with van der Waals surface area (Å²) in [6.07, 6.45) is 4.04. The molecule has 2 atom stereocenters. The molecule has 0 radical (unpaired) electrons. The van der Waals surface area contributed by atoms with E-state index in [1.54, 1.807) is 26.8 Å². The summed E-state index contributed by atoms with van der Waals surface area (Å²) in [5.41, 5.74) is 2.88. The third-order valence-corrected chi connectivity index (χ3v) is 10.5. The van der Waals surface area contributed by atoms with E-state index in [0.29, 0.717) is 27.1 Å². The van der Waals surface area contributed by atoms with Gasteiger partial charge in [0.05, 0.1) is 18.3 Å². The van der Waals surface area contributed by atoms with Crippen LogP contribution in [0.15, 0.2) is 131 Å². The van der Waals surface area contributed by atoms with Gasteiger partial charge in [-0.05, 0) is 43.5 Å². The molecule has 0 saturated carbocycles. The molecule has 6 rings (SSSR count). The number of benzene rings is 3. The molecule has 1 fully saturated rings. The Hall–Kier alpha value is -5.50. The first kappa shape index (κ1) is 38.2. The second kappa shape index (κ2) is 16.7. The number of thiazole rings is 1. The summed E-state index contributed by atoms with van der Waals surface area (Å²) in [4.78, 5) is 51.2. The summed E-state index contributed by atoms with van der Waals surface area (Å²) in [7, 11) is 0. The number of carbonyl (C=O) groups is 3. The van der Waals surface area contributed by atoms with Crippen molar-refractivity contribution in [2.75, 3.05) is 24.3 Å². The summed E-state index contributed by atoms with van der Waals surface area (Å²) < 4.78 is 5.56. The minimum Gasteiger partial charge on any atom is -0.455 e. The van der Waals surface area contributed by atoms with E-state index in [2.05, 4.69) is 58.8 Å². The monoisotopic (exact) mass is 763 g/mol. The summed E-state index contributed by atoms with van der Waals surface area (Å²) in [6.45, 7) is 9.08. The fourth-order valence-electron chi connectivity index (χ4n) is 6.22. The van der Waals surface area contributed by atoms with Crippen LogP contribution in [0.1, 0.15) is 43.2 Å². The molecule has 0 spiro atoms. The van der Waals surface area contributed by atoms with Crippen molar-refractivity contribution < 1.29 is 29.1 Å². The van der Waals surface area contributed by atoms with Gasteiger partial charge in [-0.15, -0.1) is 23.1 Å². The number of aliphatic hydroxyl groups is 1. The van der Waals surface area contributed by atoms with Gasteiger partial charge in [0, 0.05) is 21.6 Å². The van der Waals surface area contributed by atoms with Crippen LogP contribution in [-0.2, 0) is 29.5 Å². The zero-order valence-corrected chi connectivity index (χ0v) is 31.7. The predicted octanol–water partition coefficient (Wildman–Crippen LogP) is 6.11. The quantitative estimate of drug-likeness (QED) is 0.0456. The van der Waals surface area contributed by atoms with E-state index < -0.39 is 41.0 Å². The van der Waals surface area contributed by atoms with E-state index in [1.165, 1.54) is 34.1 Å². The highest BCUT2D eigenvalue weighted by molar-refractivity contribution is 8.03. The number of amides is 2. The smallest absolute Gasteiger partial charge is 0.356 e. The van der Waals surface area contributed by atoms with Gasteiger partial charge in [0.15, 0.2) is 5.13 Å². The van der Waals surface area contributed by atoms with E-state index in [-0.39, 0.29) is 18.9 Å². The fourth-order valence-corrected chi connectivity index (χ4v) is 8.23. The molecule has 1 aromatic heterocycles. The van der Waals surface area contributed by atoms with Crippen LogP contribution in [0.3, 0.4) is 0 Å². The van der Waals surface area contributed by atoms with Crippen LogP contribution in [0, 0.1) is 0 Å². The van der Waals surface area contributed by atoms with Crippen molar-refractivity contribution in [1.29, 1.82) is 0 Å². The minimum atomic E-state index is -0.858. The number of anilines is 1. The number of fused-ring (bicyclic) bond motifs is 1. The highest BCUT2D eigenvalue weighted by atomic mass is 32.2. The van der Waals surface area contributed by atoms with Gasteiger partial charge in [0.1, 0.15) is 35.7 Å². The molecular weight excluding hydrogens is 723 g/mol. The molecule has 11 nitrogen and oxygen atoms in total. The lowest BCUT2D eigenvalue weighted by molar-refractivity contribution is -0.160. The number of rotatable bonds is 14. The first-order valence-corrected chi connectivity index (χ1v) is 19.1. The van der Waals surface area contributed by atoms with E-state index in [0.717, 1.165) is 22.9 Å². The third-order valence-electron chi connectivity index (χ3n) is 8.63. The Labute approximate surface area is 322 Å². The van der Waals surface area contributed by atoms with E-state index >= 15 is 0 Å². The molecular formula is C41H41N5O6S2. The van der Waals surface area contributed by atoms with Crippen molar-refractivity contribution in [2.45, 2.75) is 44.0 Å². The maximum Gasteiger partial charge on any atom is 0.356 e. The topological polar surface area (TPSA) is 142 Å². The third kappa shape index (κ3) is 8.33. The Kier molecular flexibility index (Phi) is 11.8. The molecule has 278 valence electrons. The summed E-state index contributed by atoms with van der Waals surface area (Å²) in [6, 6.07) is 29.4. The lowest BCUT2D eigenvalue weighted by atomic mass is 9.77. The number of esters is 1. The molecule has 4 aromatic rings. The highest BCUT2D eigenvalue weighted by Gasteiger charge is 2.54. The normalized spacial score (nSPS) is 17.3. The predicted molar refractivity (Wildman–Crippen MR) is 213 cm³/mol. The Morgan fingerprint density at radius 1 is 1.00 bits per heavy atom.